The van der Waals surface area contributed by atoms with E-state index in [1.54, 1.807) is 10.4 Å². The molecular weight excluding hydrogens is 322 g/mol. The number of rotatable bonds is 2. The van der Waals surface area contributed by atoms with Crippen LogP contribution < -0.4 is 0 Å². The average molecular weight is 348 g/mol. The van der Waals surface area contributed by atoms with Crippen molar-refractivity contribution in [3.63, 3.8) is 0 Å². The van der Waals surface area contributed by atoms with Crippen molar-refractivity contribution in [1.29, 1.82) is 0 Å². The zero-order valence-electron chi connectivity index (χ0n) is 14.3. The van der Waals surface area contributed by atoms with Gasteiger partial charge >= 0.3 is 0 Å². The third-order valence-electron chi connectivity index (χ3n) is 5.18. The molecule has 1 aliphatic carbocycles. The predicted octanol–water partition coefficient (Wildman–Crippen LogP) is 4.31. The van der Waals surface area contributed by atoms with Gasteiger partial charge in [-0.1, -0.05) is 6.92 Å². The molecule has 2 aromatic rings. The first kappa shape index (κ1) is 15.9. The van der Waals surface area contributed by atoms with Crippen molar-refractivity contribution in [3.8, 4) is 0 Å². The summed E-state index contributed by atoms with van der Waals surface area (Å²) >= 11 is 3.94. The lowest BCUT2D eigenvalue weighted by Gasteiger charge is -2.28. The monoisotopic (exact) mass is 347 g/mol. The Balaban J connectivity index is 1.70. The minimum Gasteiger partial charge on any atom is -0.306 e. The molecule has 4 rings (SSSR count). The van der Waals surface area contributed by atoms with Crippen LogP contribution >= 0.6 is 23.1 Å². The maximum atomic E-state index is 4.86. The fourth-order valence-electron chi connectivity index (χ4n) is 3.76. The first-order valence-electron chi connectivity index (χ1n) is 8.74. The Morgan fingerprint density at radius 3 is 2.74 bits per heavy atom. The van der Waals surface area contributed by atoms with Crippen molar-refractivity contribution in [2.45, 2.75) is 56.2 Å². The number of piperidine rings is 1. The summed E-state index contributed by atoms with van der Waals surface area (Å²) in [5.74, 6) is 1.74. The average Bonchev–Trinajstić information content (AvgIpc) is 2.86. The van der Waals surface area contributed by atoms with E-state index in [0.29, 0.717) is 5.25 Å². The molecule has 1 aliphatic heterocycles. The molecule has 0 bridgehead atoms. The highest BCUT2D eigenvalue weighted by Gasteiger charge is 2.26. The quantitative estimate of drug-likeness (QED) is 0.757. The third-order valence-corrected chi connectivity index (χ3v) is 7.65. The van der Waals surface area contributed by atoms with E-state index in [2.05, 4.69) is 18.9 Å². The van der Waals surface area contributed by atoms with Gasteiger partial charge in [-0.15, -0.1) is 23.1 Å². The lowest BCUT2D eigenvalue weighted by molar-refractivity contribution is 0.282. The van der Waals surface area contributed by atoms with Gasteiger partial charge in [-0.2, -0.15) is 0 Å². The molecule has 0 radical (unpaired) electrons. The smallest absolute Gasteiger partial charge is 0.128 e. The van der Waals surface area contributed by atoms with Crippen molar-refractivity contribution in [2.24, 2.45) is 5.92 Å². The van der Waals surface area contributed by atoms with Gasteiger partial charge in [-0.3, -0.25) is 0 Å². The Labute approximate surface area is 146 Å². The third kappa shape index (κ3) is 3.15. The first-order valence-corrected chi connectivity index (χ1v) is 10.4. The molecule has 124 valence electrons. The molecule has 2 aromatic heterocycles. The van der Waals surface area contributed by atoms with Gasteiger partial charge in [0.15, 0.2) is 0 Å². The molecule has 0 amide bonds. The van der Waals surface area contributed by atoms with Gasteiger partial charge in [0.2, 0.25) is 0 Å². The van der Waals surface area contributed by atoms with Crippen LogP contribution in [0.3, 0.4) is 0 Å². The summed E-state index contributed by atoms with van der Waals surface area (Å²) in [7, 11) is 2.23. The molecular formula is C18H25N3S2. The van der Waals surface area contributed by atoms with E-state index < -0.39 is 0 Å². The van der Waals surface area contributed by atoms with Crippen molar-refractivity contribution in [1.82, 2.24) is 14.9 Å². The number of nitrogens with zero attached hydrogens (tertiary/aromatic N) is 3. The summed E-state index contributed by atoms with van der Waals surface area (Å²) in [5.41, 5.74) is 1.57. The molecule has 0 aromatic carbocycles. The lowest BCUT2D eigenvalue weighted by Crippen LogP contribution is -2.31. The van der Waals surface area contributed by atoms with E-state index in [1.807, 2.05) is 30.0 Å². The molecule has 23 heavy (non-hydrogen) atoms. The summed E-state index contributed by atoms with van der Waals surface area (Å²) in [6.45, 7) is 6.84. The number of aromatic nitrogens is 2. The summed E-state index contributed by atoms with van der Waals surface area (Å²) in [6.07, 6.45) is 6.30. The van der Waals surface area contributed by atoms with Crippen LogP contribution in [-0.4, -0.2) is 40.3 Å². The van der Waals surface area contributed by atoms with E-state index in [1.165, 1.54) is 60.4 Å². The zero-order chi connectivity index (χ0) is 16.0. The van der Waals surface area contributed by atoms with Crippen LogP contribution in [0.1, 0.15) is 42.5 Å². The van der Waals surface area contributed by atoms with E-state index in [4.69, 9.17) is 9.97 Å². The zero-order valence-corrected chi connectivity index (χ0v) is 15.9. The molecule has 1 fully saturated rings. The van der Waals surface area contributed by atoms with Crippen LogP contribution in [0.5, 0.6) is 0 Å². The second-order valence-corrected chi connectivity index (χ2v) is 9.60. The van der Waals surface area contributed by atoms with E-state index >= 15 is 0 Å². The van der Waals surface area contributed by atoms with Gasteiger partial charge in [-0.25, -0.2) is 9.97 Å². The van der Waals surface area contributed by atoms with Gasteiger partial charge in [0.1, 0.15) is 15.7 Å². The standard InChI is InChI=1S/C18H25N3S2/c1-11-4-5-14-15(10-11)23-18-16(14)17(19-12(2)20-18)22-13-6-8-21(3)9-7-13/h11,13H,4-10H2,1-3H3. The number of fused-ring (bicyclic) bond motifs is 3. The van der Waals surface area contributed by atoms with Gasteiger partial charge < -0.3 is 4.90 Å². The highest BCUT2D eigenvalue weighted by atomic mass is 32.2. The SMILES string of the molecule is Cc1nc(SC2CCN(C)CC2)c2c3c(sc2n1)CC(C)CC3. The maximum Gasteiger partial charge on any atom is 0.128 e. The molecule has 1 saturated heterocycles. The number of hydrogen-bond donors (Lipinski definition) is 0. The van der Waals surface area contributed by atoms with Gasteiger partial charge in [-0.05, 0) is 70.6 Å². The fraction of sp³-hybridized carbons (Fsp3) is 0.667. The second-order valence-electron chi connectivity index (χ2n) is 7.23. The van der Waals surface area contributed by atoms with Crippen LogP contribution in [-0.2, 0) is 12.8 Å². The van der Waals surface area contributed by atoms with Crippen molar-refractivity contribution in [2.75, 3.05) is 20.1 Å². The summed E-state index contributed by atoms with van der Waals surface area (Å²) in [5, 5.41) is 3.36. The van der Waals surface area contributed by atoms with Crippen LogP contribution in [0.25, 0.3) is 10.2 Å². The van der Waals surface area contributed by atoms with Crippen molar-refractivity contribution in [3.05, 3.63) is 16.3 Å². The minimum absolute atomic E-state index is 0.710. The second kappa shape index (κ2) is 6.34. The van der Waals surface area contributed by atoms with E-state index in [0.717, 1.165) is 11.7 Å². The van der Waals surface area contributed by atoms with Crippen LogP contribution in [0.15, 0.2) is 5.03 Å². The van der Waals surface area contributed by atoms with Gasteiger partial charge in [0.25, 0.3) is 0 Å². The van der Waals surface area contributed by atoms with Gasteiger partial charge in [0.05, 0.1) is 0 Å². The number of hydrogen-bond acceptors (Lipinski definition) is 5. The van der Waals surface area contributed by atoms with Crippen LogP contribution in [0.2, 0.25) is 0 Å². The molecule has 0 N–H and O–H groups in total. The summed E-state index contributed by atoms with van der Waals surface area (Å²) < 4.78 is 0. The fourth-order valence-corrected chi connectivity index (χ4v) is 6.53. The molecule has 1 atom stereocenters. The molecule has 3 nitrogen and oxygen atoms in total. The van der Waals surface area contributed by atoms with E-state index in [9.17, 15) is 0 Å². The lowest BCUT2D eigenvalue weighted by atomic mass is 9.89. The largest absolute Gasteiger partial charge is 0.306 e. The maximum absolute atomic E-state index is 4.86. The number of likely N-dealkylation sites (tertiary alicyclic amines) is 1. The first-order chi connectivity index (χ1) is 11.1. The Hall–Kier alpha value is -0.650. The Bertz CT molecular complexity index is 717. The Morgan fingerprint density at radius 2 is 1.96 bits per heavy atom. The van der Waals surface area contributed by atoms with Crippen LogP contribution in [0, 0.1) is 12.8 Å². The van der Waals surface area contributed by atoms with Gasteiger partial charge in [0, 0.05) is 15.5 Å². The van der Waals surface area contributed by atoms with Crippen LogP contribution in [0.4, 0.5) is 0 Å². The van der Waals surface area contributed by atoms with Crippen molar-refractivity contribution < 1.29 is 0 Å². The summed E-state index contributed by atoms with van der Waals surface area (Å²) in [6, 6.07) is 0. The Morgan fingerprint density at radius 1 is 1.17 bits per heavy atom. The molecule has 3 heterocycles. The topological polar surface area (TPSA) is 29.0 Å². The number of thiophene rings is 1. The molecule has 2 aliphatic rings. The molecule has 0 spiro atoms. The predicted molar refractivity (Wildman–Crippen MR) is 99.7 cm³/mol. The molecule has 5 heteroatoms. The number of aryl methyl sites for hydroxylation is 2. The number of thioether (sulfide) groups is 1. The van der Waals surface area contributed by atoms with Crippen molar-refractivity contribution >= 4 is 33.3 Å². The Kier molecular flexibility index (Phi) is 4.37. The highest BCUT2D eigenvalue weighted by molar-refractivity contribution is 8.00. The molecule has 1 unspecified atom stereocenters. The minimum atomic E-state index is 0.710. The summed E-state index contributed by atoms with van der Waals surface area (Å²) in [4.78, 5) is 14.9. The normalized spacial score (nSPS) is 23.3. The van der Waals surface area contributed by atoms with E-state index in [-0.39, 0.29) is 0 Å². The molecule has 0 saturated carbocycles. The highest BCUT2D eigenvalue weighted by Crippen LogP contribution is 2.42.